The van der Waals surface area contributed by atoms with Crippen LogP contribution in [0, 0.1) is 46.3 Å². The molecule has 0 spiro atoms. The first-order valence-electron chi connectivity index (χ1n) is 12.6. The Kier molecular flexibility index (Phi) is 5.82. The zero-order valence-electron chi connectivity index (χ0n) is 19.5. The van der Waals surface area contributed by atoms with Crippen molar-refractivity contribution in [2.45, 2.75) is 105 Å². The normalized spacial score (nSPS) is 45.4. The van der Waals surface area contributed by atoms with E-state index in [-0.39, 0.29) is 17.4 Å². The Hall–Kier alpha value is -0.630. The number of fused-ring (bicyclic) bond motifs is 5. The van der Waals surface area contributed by atoms with Crippen molar-refractivity contribution in [2.24, 2.45) is 46.3 Å². The largest absolute Gasteiger partial charge is 0.393 e. The molecular weight excluding hydrogens is 356 g/mol. The average Bonchev–Trinajstić information content (AvgIpc) is 3.00. The maximum absolute atomic E-state index is 13.4. The van der Waals surface area contributed by atoms with Crippen LogP contribution in [-0.2, 0) is 4.79 Å². The van der Waals surface area contributed by atoms with Crippen LogP contribution < -0.4 is 0 Å². The van der Waals surface area contributed by atoms with Gasteiger partial charge in [-0.2, -0.15) is 0 Å². The molecule has 2 nitrogen and oxygen atoms in total. The van der Waals surface area contributed by atoms with E-state index in [1.807, 2.05) is 6.08 Å². The third-order valence-corrected chi connectivity index (χ3v) is 10.1. The third kappa shape index (κ3) is 3.56. The van der Waals surface area contributed by atoms with Crippen LogP contribution in [0.1, 0.15) is 98.8 Å². The first kappa shape index (κ1) is 21.6. The van der Waals surface area contributed by atoms with Gasteiger partial charge in [0.2, 0.25) is 0 Å². The Morgan fingerprint density at radius 2 is 1.79 bits per heavy atom. The highest BCUT2D eigenvalue weighted by Crippen LogP contribution is 2.66. The lowest BCUT2D eigenvalue weighted by molar-refractivity contribution is -0.135. The van der Waals surface area contributed by atoms with Gasteiger partial charge in [0.25, 0.3) is 0 Å². The molecule has 0 aromatic rings. The van der Waals surface area contributed by atoms with Gasteiger partial charge >= 0.3 is 0 Å². The molecule has 0 aromatic heterocycles. The van der Waals surface area contributed by atoms with Crippen molar-refractivity contribution in [2.75, 3.05) is 0 Å². The maximum Gasteiger partial charge on any atom is 0.159 e. The highest BCUT2D eigenvalue weighted by molar-refractivity contribution is 5.94. The fourth-order valence-corrected chi connectivity index (χ4v) is 8.41. The first-order valence-corrected chi connectivity index (χ1v) is 12.6. The number of carbonyl (C=O) groups excluding carboxylic acids is 1. The summed E-state index contributed by atoms with van der Waals surface area (Å²) in [6.45, 7) is 12.1. The summed E-state index contributed by atoms with van der Waals surface area (Å²) in [5.41, 5.74) is 1.77. The fourth-order valence-electron chi connectivity index (χ4n) is 8.41. The van der Waals surface area contributed by atoms with Gasteiger partial charge in [0.15, 0.2) is 5.78 Å². The molecule has 0 aliphatic heterocycles. The summed E-state index contributed by atoms with van der Waals surface area (Å²) in [7, 11) is 0. The Morgan fingerprint density at radius 1 is 1.03 bits per heavy atom. The molecule has 4 rings (SSSR count). The SMILES string of the molecule is CC(C)CCCC(C)C1CCC2[C@H]3C(=O)C=C4C[C@@H](O)CC[C@]4(C)C3CC[C@]12C. The number of allylic oxidation sites excluding steroid dienone is 1. The van der Waals surface area contributed by atoms with E-state index >= 15 is 0 Å². The monoisotopic (exact) mass is 400 g/mol. The Balaban J connectivity index is 1.54. The third-order valence-electron chi connectivity index (χ3n) is 10.1. The van der Waals surface area contributed by atoms with E-state index in [9.17, 15) is 9.90 Å². The van der Waals surface area contributed by atoms with Gasteiger partial charge in [0.05, 0.1) is 6.10 Å². The second-order valence-electron chi connectivity index (χ2n) is 12.2. The predicted octanol–water partition coefficient (Wildman–Crippen LogP) is 6.57. The second-order valence-corrected chi connectivity index (χ2v) is 12.2. The van der Waals surface area contributed by atoms with Crippen molar-refractivity contribution in [3.8, 4) is 0 Å². The summed E-state index contributed by atoms with van der Waals surface area (Å²) in [6.07, 6.45) is 13.6. The van der Waals surface area contributed by atoms with Gasteiger partial charge in [0.1, 0.15) is 0 Å². The minimum atomic E-state index is -0.241. The molecule has 1 N–H and O–H groups in total. The zero-order valence-corrected chi connectivity index (χ0v) is 19.5. The number of rotatable bonds is 5. The molecule has 4 aliphatic rings. The average molecular weight is 401 g/mol. The highest BCUT2D eigenvalue weighted by Gasteiger charge is 2.61. The minimum Gasteiger partial charge on any atom is -0.393 e. The molecule has 0 amide bonds. The molecule has 0 bridgehead atoms. The lowest BCUT2D eigenvalue weighted by Crippen LogP contribution is -2.53. The molecule has 3 saturated carbocycles. The number of hydrogen-bond acceptors (Lipinski definition) is 2. The smallest absolute Gasteiger partial charge is 0.159 e. The summed E-state index contributed by atoms with van der Waals surface area (Å²) >= 11 is 0. The molecule has 164 valence electrons. The molecule has 0 aromatic carbocycles. The molecule has 4 unspecified atom stereocenters. The molecule has 0 saturated heterocycles. The quantitative estimate of drug-likeness (QED) is 0.567. The first-order chi connectivity index (χ1) is 13.7. The highest BCUT2D eigenvalue weighted by atomic mass is 16.3. The molecule has 0 radical (unpaired) electrons. The minimum absolute atomic E-state index is 0.153. The Bertz CT molecular complexity index is 663. The van der Waals surface area contributed by atoms with Gasteiger partial charge < -0.3 is 5.11 Å². The van der Waals surface area contributed by atoms with Gasteiger partial charge in [-0.3, -0.25) is 4.79 Å². The van der Waals surface area contributed by atoms with Crippen molar-refractivity contribution in [1.29, 1.82) is 0 Å². The van der Waals surface area contributed by atoms with E-state index in [0.717, 1.165) is 37.0 Å². The number of ketones is 1. The lowest BCUT2D eigenvalue weighted by Gasteiger charge is -2.57. The molecule has 0 heterocycles. The standard InChI is InChI=1S/C27H44O2/c1-17(2)7-6-8-18(3)21-9-10-22-25-23(12-14-27(21,22)5)26(4)13-11-20(28)15-19(26)16-24(25)29/h16-18,20-23,25,28H,6-15H2,1-5H3/t18?,20-,21?,22?,23?,25+,26-,27+/m0/s1. The van der Waals surface area contributed by atoms with Crippen LogP contribution in [0.25, 0.3) is 0 Å². The van der Waals surface area contributed by atoms with Crippen molar-refractivity contribution in [1.82, 2.24) is 0 Å². The summed E-state index contributed by atoms with van der Waals surface area (Å²) in [4.78, 5) is 13.4. The number of carbonyl (C=O) groups is 1. The van der Waals surface area contributed by atoms with Crippen molar-refractivity contribution < 1.29 is 9.90 Å². The van der Waals surface area contributed by atoms with Gasteiger partial charge in [0, 0.05) is 5.92 Å². The summed E-state index contributed by atoms with van der Waals surface area (Å²) < 4.78 is 0. The summed E-state index contributed by atoms with van der Waals surface area (Å²) in [5.74, 6) is 4.11. The zero-order chi connectivity index (χ0) is 21.0. The van der Waals surface area contributed by atoms with Crippen molar-refractivity contribution in [3.63, 3.8) is 0 Å². The van der Waals surface area contributed by atoms with Crippen LogP contribution in [0.2, 0.25) is 0 Å². The number of aliphatic hydroxyl groups excluding tert-OH is 1. The van der Waals surface area contributed by atoms with Gasteiger partial charge in [-0.25, -0.2) is 0 Å². The van der Waals surface area contributed by atoms with Crippen LogP contribution in [0.15, 0.2) is 11.6 Å². The Labute approximate surface area is 178 Å². The Morgan fingerprint density at radius 3 is 2.52 bits per heavy atom. The van der Waals surface area contributed by atoms with E-state index in [2.05, 4.69) is 34.6 Å². The summed E-state index contributed by atoms with van der Waals surface area (Å²) in [6, 6.07) is 0. The maximum atomic E-state index is 13.4. The van der Waals surface area contributed by atoms with Crippen LogP contribution in [-0.4, -0.2) is 17.0 Å². The van der Waals surface area contributed by atoms with E-state index < -0.39 is 0 Å². The van der Waals surface area contributed by atoms with Gasteiger partial charge in [-0.1, -0.05) is 59.5 Å². The molecule has 8 atom stereocenters. The number of hydrogen-bond donors (Lipinski definition) is 1. The van der Waals surface area contributed by atoms with Crippen molar-refractivity contribution >= 4 is 5.78 Å². The number of aliphatic hydroxyl groups is 1. The molecule has 29 heavy (non-hydrogen) atoms. The van der Waals surface area contributed by atoms with Crippen LogP contribution >= 0.6 is 0 Å². The van der Waals surface area contributed by atoms with Crippen molar-refractivity contribution in [3.05, 3.63) is 11.6 Å². The van der Waals surface area contributed by atoms with E-state index in [1.165, 1.54) is 50.5 Å². The molecule has 4 aliphatic carbocycles. The molecular formula is C27H44O2. The summed E-state index contributed by atoms with van der Waals surface area (Å²) in [5, 5.41) is 10.2. The van der Waals surface area contributed by atoms with Crippen LogP contribution in [0.3, 0.4) is 0 Å². The van der Waals surface area contributed by atoms with Gasteiger partial charge in [-0.05, 0) is 91.4 Å². The van der Waals surface area contributed by atoms with E-state index in [0.29, 0.717) is 23.0 Å². The molecule has 3 fully saturated rings. The second kappa shape index (κ2) is 7.81. The van der Waals surface area contributed by atoms with E-state index in [4.69, 9.17) is 0 Å². The fraction of sp³-hybridized carbons (Fsp3) is 0.889. The molecule has 2 heteroatoms. The van der Waals surface area contributed by atoms with Crippen LogP contribution in [0.5, 0.6) is 0 Å². The lowest BCUT2D eigenvalue weighted by atomic mass is 9.46. The predicted molar refractivity (Wildman–Crippen MR) is 119 cm³/mol. The van der Waals surface area contributed by atoms with Crippen LogP contribution in [0.4, 0.5) is 0 Å². The van der Waals surface area contributed by atoms with Gasteiger partial charge in [-0.15, -0.1) is 0 Å². The topological polar surface area (TPSA) is 37.3 Å². The van der Waals surface area contributed by atoms with E-state index in [1.54, 1.807) is 0 Å².